The summed E-state index contributed by atoms with van der Waals surface area (Å²) in [5.74, 6) is 0.0415. The Morgan fingerprint density at radius 2 is 0.750 bits per heavy atom. The SMILES string of the molecule is CCCCCC(CC)CC(=O)OCC12CCC3(COC(=O)CCCN(CC)CC)CC(COC(=O)CCCN(CC)CC)(C1)CC(COC(=O)CC(CCCCC)CCCCC)(C3)C2. The molecule has 0 spiro atoms. The summed E-state index contributed by atoms with van der Waals surface area (Å²) in [6, 6.07) is 0. The van der Waals surface area contributed by atoms with Gasteiger partial charge in [0.2, 0.25) is 0 Å². The molecule has 5 atom stereocenters. The molecule has 10 heteroatoms. The zero-order valence-corrected chi connectivity index (χ0v) is 42.8. The van der Waals surface area contributed by atoms with Crippen molar-refractivity contribution in [1.82, 2.24) is 9.80 Å². The van der Waals surface area contributed by atoms with Crippen molar-refractivity contribution in [3.05, 3.63) is 0 Å². The number of esters is 4. The van der Waals surface area contributed by atoms with E-state index in [1.807, 2.05) is 0 Å². The summed E-state index contributed by atoms with van der Waals surface area (Å²) in [5, 5.41) is 0. The number of hydrogen-bond acceptors (Lipinski definition) is 10. The molecule has 0 radical (unpaired) electrons. The third-order valence-electron chi connectivity index (χ3n) is 15.7. The molecule has 4 bridgehead atoms. The van der Waals surface area contributed by atoms with Gasteiger partial charge in [0.05, 0.1) is 26.4 Å². The Bertz CT molecular complexity index is 1340. The van der Waals surface area contributed by atoms with Crippen molar-refractivity contribution >= 4 is 23.9 Å². The van der Waals surface area contributed by atoms with E-state index in [4.69, 9.17) is 18.9 Å². The molecule has 0 aromatic heterocycles. The third kappa shape index (κ3) is 19.2. The first-order valence-electron chi connectivity index (χ1n) is 26.9. The van der Waals surface area contributed by atoms with Crippen LogP contribution in [0.1, 0.15) is 222 Å². The van der Waals surface area contributed by atoms with Crippen LogP contribution in [-0.4, -0.2) is 99.4 Å². The Morgan fingerprint density at radius 3 is 1.11 bits per heavy atom. The first-order chi connectivity index (χ1) is 30.8. The van der Waals surface area contributed by atoms with E-state index < -0.39 is 10.8 Å². The van der Waals surface area contributed by atoms with Crippen molar-refractivity contribution in [2.75, 3.05) is 65.7 Å². The van der Waals surface area contributed by atoms with Gasteiger partial charge in [-0.3, -0.25) is 19.2 Å². The van der Waals surface area contributed by atoms with E-state index >= 15 is 0 Å². The maximum absolute atomic E-state index is 14.0. The Hall–Kier alpha value is -2.20. The third-order valence-corrected chi connectivity index (χ3v) is 15.7. The molecule has 10 nitrogen and oxygen atoms in total. The van der Waals surface area contributed by atoms with Crippen LogP contribution in [0.5, 0.6) is 0 Å². The molecule has 5 unspecified atom stereocenters. The van der Waals surface area contributed by atoms with Gasteiger partial charge in [-0.05, 0) is 128 Å². The number of ether oxygens (including phenoxy) is 4. The van der Waals surface area contributed by atoms with Crippen molar-refractivity contribution in [2.24, 2.45) is 33.5 Å². The fraction of sp³-hybridized carbons (Fsp3) is 0.926. The Kier molecular flexibility index (Phi) is 25.9. The average Bonchev–Trinajstić information content (AvgIpc) is 3.44. The lowest BCUT2D eigenvalue weighted by molar-refractivity contribution is -0.187. The molecule has 4 aliphatic carbocycles. The standard InChI is InChI=1S/C54H98N2O8/c1-9-17-20-25-45(12-4)34-49(59)63-42-52-31-30-51(41-61-47(57)28-23-32-55(13-5)14-6)36-53(38-52,43-62-48(58)29-24-33-56(15-7)16-8)40-54(37-51,39-52)44-64-50(60)35-46(26-21-18-10-2)27-22-19-11-3/h45-46H,9-44H2,1-8H3. The van der Waals surface area contributed by atoms with Crippen molar-refractivity contribution in [3.8, 4) is 0 Å². The van der Waals surface area contributed by atoms with Crippen LogP contribution in [0.15, 0.2) is 0 Å². The van der Waals surface area contributed by atoms with Gasteiger partial charge in [0.25, 0.3) is 0 Å². The van der Waals surface area contributed by atoms with E-state index in [9.17, 15) is 19.2 Å². The lowest BCUT2D eigenvalue weighted by Gasteiger charge is -2.60. The summed E-state index contributed by atoms with van der Waals surface area (Å²) < 4.78 is 25.4. The summed E-state index contributed by atoms with van der Waals surface area (Å²) >= 11 is 0. The highest BCUT2D eigenvalue weighted by atomic mass is 16.5. The second-order valence-corrected chi connectivity index (χ2v) is 21.3. The van der Waals surface area contributed by atoms with Crippen molar-refractivity contribution in [2.45, 2.75) is 222 Å². The number of unbranched alkanes of at least 4 members (excludes halogenated alkanes) is 6. The molecule has 4 rings (SSSR count). The molecule has 372 valence electrons. The van der Waals surface area contributed by atoms with E-state index in [2.05, 4.69) is 65.2 Å². The summed E-state index contributed by atoms with van der Waals surface area (Å²) in [6.07, 6.45) is 23.1. The first kappa shape index (κ1) is 56.1. The molecular formula is C54H98N2O8. The normalized spacial score (nSPS) is 24.3. The van der Waals surface area contributed by atoms with Gasteiger partial charge in [-0.25, -0.2) is 0 Å². The number of carbonyl (C=O) groups is 4. The second-order valence-electron chi connectivity index (χ2n) is 21.3. The highest BCUT2D eigenvalue weighted by molar-refractivity contribution is 5.71. The molecular weight excluding hydrogens is 805 g/mol. The molecule has 0 aromatic carbocycles. The van der Waals surface area contributed by atoms with Crippen LogP contribution < -0.4 is 0 Å². The summed E-state index contributed by atoms with van der Waals surface area (Å²) in [7, 11) is 0. The lowest BCUT2D eigenvalue weighted by atomic mass is 9.46. The summed E-state index contributed by atoms with van der Waals surface area (Å²) in [5.41, 5.74) is -1.59. The first-order valence-corrected chi connectivity index (χ1v) is 26.9. The van der Waals surface area contributed by atoms with E-state index in [-0.39, 0.29) is 47.9 Å². The quantitative estimate of drug-likeness (QED) is 0.0339. The zero-order chi connectivity index (χ0) is 46.9. The fourth-order valence-corrected chi connectivity index (χ4v) is 12.5. The van der Waals surface area contributed by atoms with Crippen LogP contribution in [0.2, 0.25) is 0 Å². The fourth-order valence-electron chi connectivity index (χ4n) is 12.5. The molecule has 4 aliphatic rings. The zero-order valence-electron chi connectivity index (χ0n) is 42.8. The van der Waals surface area contributed by atoms with E-state index in [0.717, 1.165) is 161 Å². The Morgan fingerprint density at radius 1 is 0.422 bits per heavy atom. The molecule has 0 aliphatic heterocycles. The highest BCUT2D eigenvalue weighted by Crippen LogP contribution is 2.71. The van der Waals surface area contributed by atoms with Crippen molar-refractivity contribution in [3.63, 3.8) is 0 Å². The van der Waals surface area contributed by atoms with Crippen LogP contribution in [-0.2, 0) is 38.1 Å². The molecule has 0 heterocycles. The van der Waals surface area contributed by atoms with Crippen LogP contribution in [0.3, 0.4) is 0 Å². The number of hydrogen-bond donors (Lipinski definition) is 0. The minimum Gasteiger partial charge on any atom is -0.465 e. The minimum atomic E-state index is -0.426. The number of nitrogens with zero attached hydrogens (tertiary/aromatic N) is 2. The molecule has 0 saturated heterocycles. The van der Waals surface area contributed by atoms with Crippen LogP contribution >= 0.6 is 0 Å². The number of rotatable bonds is 37. The van der Waals surface area contributed by atoms with Gasteiger partial charge in [-0.1, -0.05) is 120 Å². The predicted octanol–water partition coefficient (Wildman–Crippen LogP) is 12.3. The molecule has 4 fully saturated rings. The highest BCUT2D eigenvalue weighted by Gasteiger charge is 2.66. The smallest absolute Gasteiger partial charge is 0.306 e. The molecule has 0 N–H and O–H groups in total. The van der Waals surface area contributed by atoms with Gasteiger partial charge in [-0.15, -0.1) is 0 Å². The van der Waals surface area contributed by atoms with E-state index in [1.165, 1.54) is 19.3 Å². The lowest BCUT2D eigenvalue weighted by Crippen LogP contribution is -2.56. The van der Waals surface area contributed by atoms with Gasteiger partial charge in [0.1, 0.15) is 0 Å². The minimum absolute atomic E-state index is 0.121. The van der Waals surface area contributed by atoms with Crippen molar-refractivity contribution < 1.29 is 38.1 Å². The maximum atomic E-state index is 14.0. The molecule has 0 aromatic rings. The number of carbonyl (C=O) groups excluding carboxylic acids is 4. The predicted molar refractivity (Wildman–Crippen MR) is 259 cm³/mol. The van der Waals surface area contributed by atoms with Gasteiger partial charge in [0.15, 0.2) is 0 Å². The van der Waals surface area contributed by atoms with E-state index in [0.29, 0.717) is 50.7 Å². The van der Waals surface area contributed by atoms with Crippen LogP contribution in [0.4, 0.5) is 0 Å². The average molecular weight is 903 g/mol. The van der Waals surface area contributed by atoms with Gasteiger partial charge < -0.3 is 28.7 Å². The largest absolute Gasteiger partial charge is 0.465 e. The van der Waals surface area contributed by atoms with Gasteiger partial charge >= 0.3 is 23.9 Å². The Labute approximate surface area is 392 Å². The summed E-state index contributed by atoms with van der Waals surface area (Å²) in [4.78, 5) is 59.3. The molecule has 0 amide bonds. The topological polar surface area (TPSA) is 112 Å². The second kappa shape index (κ2) is 29.5. The monoisotopic (exact) mass is 903 g/mol. The number of fused-ring (bicyclic) bond motifs is 1. The maximum Gasteiger partial charge on any atom is 0.306 e. The summed E-state index contributed by atoms with van der Waals surface area (Å²) in [6.45, 7) is 24.1. The van der Waals surface area contributed by atoms with Crippen LogP contribution in [0.25, 0.3) is 0 Å². The van der Waals surface area contributed by atoms with Gasteiger partial charge in [-0.2, -0.15) is 0 Å². The van der Waals surface area contributed by atoms with E-state index in [1.54, 1.807) is 0 Å². The Balaban J connectivity index is 1.94. The van der Waals surface area contributed by atoms with Gasteiger partial charge in [0, 0.05) is 47.3 Å². The molecule has 4 saturated carbocycles. The molecule has 64 heavy (non-hydrogen) atoms. The van der Waals surface area contributed by atoms with Crippen molar-refractivity contribution in [1.29, 1.82) is 0 Å². The van der Waals surface area contributed by atoms with Crippen LogP contribution in [0, 0.1) is 33.5 Å².